The van der Waals surface area contributed by atoms with Crippen molar-refractivity contribution in [1.82, 2.24) is 9.88 Å². The Morgan fingerprint density at radius 3 is 2.79 bits per heavy atom. The molecule has 2 saturated heterocycles. The fourth-order valence-corrected chi connectivity index (χ4v) is 3.46. The molecule has 0 radical (unpaired) electrons. The third-order valence-corrected chi connectivity index (χ3v) is 4.31. The first kappa shape index (κ1) is 12.9. The van der Waals surface area contributed by atoms with Crippen molar-refractivity contribution < 1.29 is 4.74 Å². The number of likely N-dealkylation sites (tertiary alicyclic amines) is 1. The molecule has 4 nitrogen and oxygen atoms in total. The van der Waals surface area contributed by atoms with Gasteiger partial charge in [0.2, 0.25) is 0 Å². The van der Waals surface area contributed by atoms with Crippen LogP contribution < -0.4 is 5.43 Å². The van der Waals surface area contributed by atoms with Crippen molar-refractivity contribution in [1.29, 1.82) is 0 Å². The molecular formula is C15H22N2O2. The van der Waals surface area contributed by atoms with E-state index in [0.29, 0.717) is 12.1 Å². The molecule has 4 heteroatoms. The van der Waals surface area contributed by atoms with Gasteiger partial charge < -0.3 is 9.72 Å². The summed E-state index contributed by atoms with van der Waals surface area (Å²) in [5.41, 5.74) is 2.17. The zero-order valence-corrected chi connectivity index (χ0v) is 11.5. The molecule has 104 valence electrons. The van der Waals surface area contributed by atoms with Crippen molar-refractivity contribution in [2.75, 3.05) is 19.8 Å². The number of ether oxygens (including phenoxy) is 1. The molecule has 3 rings (SSSR count). The van der Waals surface area contributed by atoms with E-state index in [9.17, 15) is 4.79 Å². The third-order valence-electron chi connectivity index (χ3n) is 4.31. The van der Waals surface area contributed by atoms with Gasteiger partial charge in [-0.05, 0) is 39.2 Å². The van der Waals surface area contributed by atoms with Gasteiger partial charge >= 0.3 is 0 Å². The molecule has 0 aromatic carbocycles. The van der Waals surface area contributed by atoms with E-state index in [4.69, 9.17) is 4.74 Å². The average Bonchev–Trinajstić information content (AvgIpc) is 2.88. The maximum absolute atomic E-state index is 11.7. The highest BCUT2D eigenvalue weighted by Crippen LogP contribution is 2.34. The second-order valence-electron chi connectivity index (χ2n) is 5.69. The molecule has 2 aliphatic rings. The molecule has 2 fully saturated rings. The van der Waals surface area contributed by atoms with Gasteiger partial charge in [0.1, 0.15) is 0 Å². The lowest BCUT2D eigenvalue weighted by Crippen LogP contribution is -2.39. The van der Waals surface area contributed by atoms with Crippen molar-refractivity contribution >= 4 is 0 Å². The molecular weight excluding hydrogens is 240 g/mol. The highest BCUT2D eigenvalue weighted by atomic mass is 16.5. The first-order chi connectivity index (χ1) is 9.24. The zero-order valence-electron chi connectivity index (χ0n) is 11.5. The van der Waals surface area contributed by atoms with Crippen molar-refractivity contribution in [2.45, 2.75) is 44.7 Å². The van der Waals surface area contributed by atoms with Crippen molar-refractivity contribution in [3.8, 4) is 0 Å². The van der Waals surface area contributed by atoms with Gasteiger partial charge in [-0.1, -0.05) is 0 Å². The number of rotatable bonds is 2. The Labute approximate surface area is 113 Å². The van der Waals surface area contributed by atoms with Crippen LogP contribution in [0.15, 0.2) is 16.9 Å². The summed E-state index contributed by atoms with van der Waals surface area (Å²) in [6.07, 6.45) is 4.61. The Hall–Kier alpha value is -1.13. The predicted octanol–water partition coefficient (Wildman–Crippen LogP) is 2.00. The van der Waals surface area contributed by atoms with Crippen molar-refractivity contribution in [3.63, 3.8) is 0 Å². The Morgan fingerprint density at radius 1 is 1.26 bits per heavy atom. The first-order valence-corrected chi connectivity index (χ1v) is 7.28. The van der Waals surface area contributed by atoms with Crippen LogP contribution >= 0.6 is 0 Å². The molecule has 1 aromatic heterocycles. The summed E-state index contributed by atoms with van der Waals surface area (Å²) in [4.78, 5) is 17.7. The minimum Gasteiger partial charge on any atom is -0.381 e. The normalized spacial score (nSPS) is 25.8. The van der Waals surface area contributed by atoms with Gasteiger partial charge in [0.15, 0.2) is 5.43 Å². The van der Waals surface area contributed by atoms with Gasteiger partial charge in [-0.15, -0.1) is 0 Å². The van der Waals surface area contributed by atoms with Crippen LogP contribution in [0.1, 0.15) is 43.1 Å². The maximum atomic E-state index is 11.7. The Bertz CT molecular complexity index is 491. The van der Waals surface area contributed by atoms with Gasteiger partial charge in [0.05, 0.1) is 6.04 Å². The van der Waals surface area contributed by atoms with Crippen LogP contribution in [0.5, 0.6) is 0 Å². The highest BCUT2D eigenvalue weighted by Gasteiger charge is 2.33. The summed E-state index contributed by atoms with van der Waals surface area (Å²) in [5, 5.41) is 0. The van der Waals surface area contributed by atoms with E-state index in [-0.39, 0.29) is 5.43 Å². The van der Waals surface area contributed by atoms with E-state index in [2.05, 4.69) is 9.88 Å². The SMILES string of the molecule is Cc1cc(=O)cc(C2CCCN2C2CCOCC2)[nH]1. The maximum Gasteiger partial charge on any atom is 0.182 e. The van der Waals surface area contributed by atoms with Crippen LogP contribution in [0.25, 0.3) is 0 Å². The van der Waals surface area contributed by atoms with Crippen molar-refractivity contribution in [3.05, 3.63) is 33.7 Å². The lowest BCUT2D eigenvalue weighted by molar-refractivity contribution is 0.0285. The standard InChI is InChI=1S/C15H22N2O2/c1-11-9-13(18)10-14(16-11)15-3-2-6-17(15)12-4-7-19-8-5-12/h9-10,12,15H,2-8H2,1H3,(H,16,18). The first-order valence-electron chi connectivity index (χ1n) is 7.28. The number of H-pyrrole nitrogens is 1. The number of hydrogen-bond donors (Lipinski definition) is 1. The lowest BCUT2D eigenvalue weighted by Gasteiger charge is -2.35. The molecule has 1 unspecified atom stereocenters. The molecule has 0 saturated carbocycles. The Balaban J connectivity index is 1.83. The monoisotopic (exact) mass is 262 g/mol. The molecule has 1 atom stereocenters. The largest absolute Gasteiger partial charge is 0.381 e. The summed E-state index contributed by atoms with van der Waals surface area (Å²) >= 11 is 0. The molecule has 1 aromatic rings. The quantitative estimate of drug-likeness (QED) is 0.886. The summed E-state index contributed by atoms with van der Waals surface area (Å²) in [5.74, 6) is 0. The topological polar surface area (TPSA) is 45.3 Å². The second-order valence-corrected chi connectivity index (χ2v) is 5.69. The van der Waals surface area contributed by atoms with Gasteiger partial charge in [-0.25, -0.2) is 0 Å². The van der Waals surface area contributed by atoms with Gasteiger partial charge in [0.25, 0.3) is 0 Å². The Morgan fingerprint density at radius 2 is 2.05 bits per heavy atom. The predicted molar refractivity (Wildman–Crippen MR) is 74.3 cm³/mol. The number of aromatic nitrogens is 1. The fourth-order valence-electron chi connectivity index (χ4n) is 3.46. The molecule has 0 amide bonds. The van der Waals surface area contributed by atoms with E-state index in [0.717, 1.165) is 50.4 Å². The highest BCUT2D eigenvalue weighted by molar-refractivity contribution is 5.15. The van der Waals surface area contributed by atoms with Crippen LogP contribution in [0, 0.1) is 6.92 Å². The minimum atomic E-state index is 0.116. The number of nitrogens with one attached hydrogen (secondary N) is 1. The lowest BCUT2D eigenvalue weighted by atomic mass is 10.0. The van der Waals surface area contributed by atoms with Gasteiger partial charge in [0, 0.05) is 42.8 Å². The van der Waals surface area contributed by atoms with E-state index in [1.54, 1.807) is 12.1 Å². The third kappa shape index (κ3) is 2.74. The Kier molecular flexibility index (Phi) is 3.71. The van der Waals surface area contributed by atoms with E-state index < -0.39 is 0 Å². The fraction of sp³-hybridized carbons (Fsp3) is 0.667. The molecule has 0 spiro atoms. The molecule has 0 bridgehead atoms. The average molecular weight is 262 g/mol. The summed E-state index contributed by atoms with van der Waals surface area (Å²) in [7, 11) is 0. The molecule has 3 heterocycles. The van der Waals surface area contributed by atoms with Crippen molar-refractivity contribution in [2.24, 2.45) is 0 Å². The number of hydrogen-bond acceptors (Lipinski definition) is 3. The van der Waals surface area contributed by atoms with Crippen LogP contribution in [-0.2, 0) is 4.74 Å². The minimum absolute atomic E-state index is 0.116. The van der Waals surface area contributed by atoms with E-state index in [1.807, 2.05) is 6.92 Å². The smallest absolute Gasteiger partial charge is 0.182 e. The molecule has 0 aliphatic carbocycles. The van der Waals surface area contributed by atoms with Crippen LogP contribution in [0.2, 0.25) is 0 Å². The molecule has 19 heavy (non-hydrogen) atoms. The molecule has 2 aliphatic heterocycles. The summed E-state index contributed by atoms with van der Waals surface area (Å²) in [6, 6.07) is 4.44. The van der Waals surface area contributed by atoms with Gasteiger partial charge in [-0.2, -0.15) is 0 Å². The number of nitrogens with zero attached hydrogens (tertiary/aromatic N) is 1. The van der Waals surface area contributed by atoms with Crippen LogP contribution in [0.4, 0.5) is 0 Å². The molecule has 1 N–H and O–H groups in total. The number of pyridine rings is 1. The van der Waals surface area contributed by atoms with Crippen LogP contribution in [-0.4, -0.2) is 35.7 Å². The zero-order chi connectivity index (χ0) is 13.2. The van der Waals surface area contributed by atoms with E-state index in [1.165, 1.54) is 6.42 Å². The number of aromatic amines is 1. The van der Waals surface area contributed by atoms with Gasteiger partial charge in [-0.3, -0.25) is 9.69 Å². The number of aryl methyl sites for hydroxylation is 1. The second kappa shape index (κ2) is 5.47. The van der Waals surface area contributed by atoms with E-state index >= 15 is 0 Å². The van der Waals surface area contributed by atoms with Crippen LogP contribution in [0.3, 0.4) is 0 Å². The summed E-state index contributed by atoms with van der Waals surface area (Å²) < 4.78 is 5.45. The summed E-state index contributed by atoms with van der Waals surface area (Å²) in [6.45, 7) is 4.85.